The molecule has 2 aromatic rings. The van der Waals surface area contributed by atoms with Crippen molar-refractivity contribution < 1.29 is 9.59 Å². The molecule has 0 saturated carbocycles. The van der Waals surface area contributed by atoms with Crippen LogP contribution in [0.15, 0.2) is 30.3 Å². The highest BCUT2D eigenvalue weighted by atomic mass is 16.2. The van der Waals surface area contributed by atoms with E-state index in [2.05, 4.69) is 22.5 Å². The van der Waals surface area contributed by atoms with Crippen LogP contribution < -0.4 is 5.32 Å². The van der Waals surface area contributed by atoms with Crippen molar-refractivity contribution in [3.8, 4) is 0 Å². The molecule has 1 aliphatic heterocycles. The van der Waals surface area contributed by atoms with E-state index in [1.54, 1.807) is 23.9 Å². The number of likely N-dealkylation sites (tertiary alicyclic amines) is 1. The molecule has 3 rings (SSSR count). The van der Waals surface area contributed by atoms with Crippen LogP contribution in [-0.2, 0) is 17.9 Å². The summed E-state index contributed by atoms with van der Waals surface area (Å²) in [6, 6.07) is 10.2. The number of nitrogens with zero attached hydrogens (tertiary/aromatic N) is 4. The lowest BCUT2D eigenvalue weighted by molar-refractivity contribution is -0.134. The van der Waals surface area contributed by atoms with E-state index >= 15 is 0 Å². The molecule has 1 saturated heterocycles. The van der Waals surface area contributed by atoms with Crippen molar-refractivity contribution in [2.75, 3.05) is 27.2 Å². The molecule has 1 aromatic heterocycles. The molecule has 1 fully saturated rings. The second kappa shape index (κ2) is 9.11. The lowest BCUT2D eigenvalue weighted by atomic mass is 9.96. The van der Waals surface area contributed by atoms with Gasteiger partial charge in [-0.2, -0.15) is 5.10 Å². The van der Waals surface area contributed by atoms with Crippen LogP contribution in [0.5, 0.6) is 0 Å². The molecule has 3 amide bonds. The fourth-order valence-corrected chi connectivity index (χ4v) is 3.87. The van der Waals surface area contributed by atoms with Crippen molar-refractivity contribution in [1.29, 1.82) is 0 Å². The quantitative estimate of drug-likeness (QED) is 0.843. The van der Waals surface area contributed by atoms with Crippen LogP contribution in [-0.4, -0.2) is 58.7 Å². The number of carbonyl (C=O) groups excluding carboxylic acids is 2. The molecule has 156 valence electrons. The Labute approximate surface area is 172 Å². The average Bonchev–Trinajstić information content (AvgIpc) is 2.99. The zero-order valence-electron chi connectivity index (χ0n) is 17.8. The lowest BCUT2D eigenvalue weighted by Gasteiger charge is -2.32. The van der Waals surface area contributed by atoms with Gasteiger partial charge in [-0.05, 0) is 32.3 Å². The van der Waals surface area contributed by atoms with Gasteiger partial charge >= 0.3 is 6.03 Å². The first-order valence-corrected chi connectivity index (χ1v) is 10.2. The largest absolute Gasteiger partial charge is 0.349 e. The molecule has 0 unspecified atom stereocenters. The monoisotopic (exact) mass is 397 g/mol. The lowest BCUT2D eigenvalue weighted by Crippen LogP contribution is -2.46. The van der Waals surface area contributed by atoms with E-state index in [1.165, 1.54) is 5.56 Å². The van der Waals surface area contributed by atoms with Crippen molar-refractivity contribution in [3.05, 3.63) is 52.8 Å². The van der Waals surface area contributed by atoms with Crippen LogP contribution in [0.3, 0.4) is 0 Å². The number of benzene rings is 1. The van der Waals surface area contributed by atoms with Crippen LogP contribution in [0.2, 0.25) is 0 Å². The van der Waals surface area contributed by atoms with Gasteiger partial charge in [0.15, 0.2) is 0 Å². The third-order valence-electron chi connectivity index (χ3n) is 5.70. The summed E-state index contributed by atoms with van der Waals surface area (Å²) in [7, 11) is 3.56. The SMILES string of the molecule is Cc1nn(Cc2ccccc2)c(C)c1CNC(=O)N1CCC(C(=O)N(C)C)CC1. The summed E-state index contributed by atoms with van der Waals surface area (Å²) in [6.45, 7) is 6.43. The van der Waals surface area contributed by atoms with E-state index in [1.807, 2.05) is 36.7 Å². The van der Waals surface area contributed by atoms with Crippen LogP contribution in [0.4, 0.5) is 4.79 Å². The van der Waals surface area contributed by atoms with Crippen molar-refractivity contribution in [2.45, 2.75) is 39.8 Å². The molecule has 0 spiro atoms. The number of nitrogens with one attached hydrogen (secondary N) is 1. The highest BCUT2D eigenvalue weighted by Crippen LogP contribution is 2.19. The van der Waals surface area contributed by atoms with E-state index in [-0.39, 0.29) is 17.9 Å². The second-order valence-electron chi connectivity index (χ2n) is 7.95. The molecule has 1 N–H and O–H groups in total. The van der Waals surface area contributed by atoms with Gasteiger partial charge in [0.2, 0.25) is 5.91 Å². The molecule has 0 bridgehead atoms. The Balaban J connectivity index is 1.55. The van der Waals surface area contributed by atoms with E-state index in [9.17, 15) is 9.59 Å². The minimum absolute atomic E-state index is 0.0229. The van der Waals surface area contributed by atoms with Gasteiger partial charge in [-0.15, -0.1) is 0 Å². The van der Waals surface area contributed by atoms with Crippen molar-refractivity contribution >= 4 is 11.9 Å². The first-order chi connectivity index (χ1) is 13.9. The standard InChI is InChI=1S/C22H31N5O2/c1-16-20(17(2)27(24-16)15-18-8-6-5-7-9-18)14-23-22(29)26-12-10-19(11-13-26)21(28)25(3)4/h5-9,19H,10-15H2,1-4H3,(H,23,29). The molecular weight excluding hydrogens is 366 g/mol. The minimum atomic E-state index is -0.0737. The average molecular weight is 398 g/mol. The number of amides is 3. The van der Waals surface area contributed by atoms with E-state index in [0.29, 0.717) is 19.6 Å². The summed E-state index contributed by atoms with van der Waals surface area (Å²) in [4.78, 5) is 28.1. The van der Waals surface area contributed by atoms with E-state index in [4.69, 9.17) is 0 Å². The number of hydrogen-bond donors (Lipinski definition) is 1. The number of aryl methyl sites for hydroxylation is 1. The normalized spacial score (nSPS) is 14.7. The van der Waals surface area contributed by atoms with Crippen LogP contribution in [0.1, 0.15) is 35.4 Å². The van der Waals surface area contributed by atoms with E-state index < -0.39 is 0 Å². The number of aromatic nitrogens is 2. The molecule has 2 heterocycles. The second-order valence-corrected chi connectivity index (χ2v) is 7.95. The first-order valence-electron chi connectivity index (χ1n) is 10.2. The predicted octanol–water partition coefficient (Wildman–Crippen LogP) is 2.56. The molecule has 0 aliphatic carbocycles. The molecule has 0 atom stereocenters. The Morgan fingerprint density at radius 2 is 1.79 bits per heavy atom. The van der Waals surface area contributed by atoms with Gasteiger partial charge in [-0.25, -0.2) is 4.79 Å². The maximum Gasteiger partial charge on any atom is 0.317 e. The summed E-state index contributed by atoms with van der Waals surface area (Å²) in [6.07, 6.45) is 1.44. The van der Waals surface area contributed by atoms with Crippen molar-refractivity contribution in [3.63, 3.8) is 0 Å². The predicted molar refractivity (Wildman–Crippen MR) is 112 cm³/mol. The summed E-state index contributed by atoms with van der Waals surface area (Å²) in [5, 5.41) is 7.68. The minimum Gasteiger partial charge on any atom is -0.349 e. The van der Waals surface area contributed by atoms with Crippen molar-refractivity contribution in [2.24, 2.45) is 5.92 Å². The number of urea groups is 1. The Hall–Kier alpha value is -2.83. The number of rotatable bonds is 5. The first kappa shape index (κ1) is 20.9. The van der Waals surface area contributed by atoms with Crippen LogP contribution in [0.25, 0.3) is 0 Å². The van der Waals surface area contributed by atoms with Crippen LogP contribution >= 0.6 is 0 Å². The molecule has 1 aromatic carbocycles. The fraction of sp³-hybridized carbons (Fsp3) is 0.500. The van der Waals surface area contributed by atoms with Gasteiger partial charge in [0.1, 0.15) is 0 Å². The smallest absolute Gasteiger partial charge is 0.317 e. The maximum atomic E-state index is 12.6. The summed E-state index contributed by atoms with van der Waals surface area (Å²) < 4.78 is 1.99. The highest BCUT2D eigenvalue weighted by molar-refractivity contribution is 5.79. The summed E-state index contributed by atoms with van der Waals surface area (Å²) in [5.41, 5.74) is 4.27. The van der Waals surface area contributed by atoms with Gasteiger partial charge in [0.25, 0.3) is 0 Å². The van der Waals surface area contributed by atoms with E-state index in [0.717, 1.165) is 36.3 Å². The number of piperidine rings is 1. The van der Waals surface area contributed by atoms with Crippen LogP contribution in [0, 0.1) is 19.8 Å². The number of hydrogen-bond acceptors (Lipinski definition) is 3. The molecule has 7 nitrogen and oxygen atoms in total. The highest BCUT2D eigenvalue weighted by Gasteiger charge is 2.28. The molecule has 7 heteroatoms. The molecule has 29 heavy (non-hydrogen) atoms. The van der Waals surface area contributed by atoms with Gasteiger partial charge in [-0.1, -0.05) is 30.3 Å². The van der Waals surface area contributed by atoms with Gasteiger partial charge in [0.05, 0.1) is 12.2 Å². The topological polar surface area (TPSA) is 70.5 Å². The number of carbonyl (C=O) groups is 2. The third-order valence-corrected chi connectivity index (χ3v) is 5.70. The molecular formula is C22H31N5O2. The third kappa shape index (κ3) is 4.96. The Bertz CT molecular complexity index is 852. The zero-order valence-corrected chi connectivity index (χ0v) is 17.8. The zero-order chi connectivity index (χ0) is 21.0. The summed E-state index contributed by atoms with van der Waals surface area (Å²) >= 11 is 0. The van der Waals surface area contributed by atoms with Crippen molar-refractivity contribution in [1.82, 2.24) is 24.9 Å². The molecule has 0 radical (unpaired) electrons. The van der Waals surface area contributed by atoms with Gasteiger partial charge in [0, 0.05) is 50.9 Å². The van der Waals surface area contributed by atoms with Gasteiger partial charge in [-0.3, -0.25) is 9.48 Å². The maximum absolute atomic E-state index is 12.6. The molecule has 1 aliphatic rings. The van der Waals surface area contributed by atoms with Gasteiger partial charge < -0.3 is 15.1 Å². The Morgan fingerprint density at radius 1 is 1.14 bits per heavy atom. The Morgan fingerprint density at radius 3 is 2.41 bits per heavy atom. The summed E-state index contributed by atoms with van der Waals surface area (Å²) in [5.74, 6) is 0.178. The fourth-order valence-electron chi connectivity index (χ4n) is 3.87. The Kier molecular flexibility index (Phi) is 6.56.